The number of amidine groups is 2. The second-order valence-electron chi connectivity index (χ2n) is 9.17. The topological polar surface area (TPSA) is 106 Å². The molecule has 11 heteroatoms. The fourth-order valence-corrected chi connectivity index (χ4v) is 5.78. The van der Waals surface area contributed by atoms with Crippen LogP contribution in [0.25, 0.3) is 6.08 Å². The fourth-order valence-electron chi connectivity index (χ4n) is 4.20. The number of amides is 1. The highest BCUT2D eigenvalue weighted by atomic mass is 127. The average Bonchev–Trinajstić information content (AvgIpc) is 3.36. The molecule has 0 aromatic heterocycles. The minimum Gasteiger partial charge on any atom is -0.493 e. The number of carbonyl (C=O) groups excluding carboxylic acids is 1. The molecule has 1 N–H and O–H groups in total. The molecule has 2 aliphatic heterocycles. The molecule has 0 unspecified atom stereocenters. The van der Waals surface area contributed by atoms with Crippen LogP contribution < -0.4 is 18.9 Å². The smallest absolute Gasteiger partial charge is 0.283 e. The van der Waals surface area contributed by atoms with Crippen LogP contribution in [0.1, 0.15) is 16.7 Å². The van der Waals surface area contributed by atoms with Gasteiger partial charge in [0.15, 0.2) is 17.3 Å². The van der Waals surface area contributed by atoms with E-state index in [0.29, 0.717) is 46.2 Å². The maximum atomic E-state index is 12.9. The van der Waals surface area contributed by atoms with Gasteiger partial charge in [-0.25, -0.2) is 0 Å². The highest BCUT2D eigenvalue weighted by Crippen LogP contribution is 2.35. The minimum atomic E-state index is -0.507. The maximum Gasteiger partial charge on any atom is 0.283 e. The van der Waals surface area contributed by atoms with E-state index in [1.165, 1.54) is 16.8 Å². The summed E-state index contributed by atoms with van der Waals surface area (Å²) in [5.41, 5.74) is 3.07. The summed E-state index contributed by atoms with van der Waals surface area (Å²) in [6, 6.07) is 19.1. The maximum absolute atomic E-state index is 12.9. The van der Waals surface area contributed by atoms with Gasteiger partial charge in [0, 0.05) is 0 Å². The van der Waals surface area contributed by atoms with Gasteiger partial charge < -0.3 is 18.9 Å². The number of aryl methyl sites for hydroxylation is 2. The van der Waals surface area contributed by atoms with Crippen LogP contribution in [0, 0.1) is 22.8 Å². The zero-order valence-corrected chi connectivity index (χ0v) is 25.6. The minimum absolute atomic E-state index is 0.0555. The number of ether oxygens (including phenoxy) is 4. The largest absolute Gasteiger partial charge is 0.493 e. The Hall–Kier alpha value is -3.84. The number of nitrogens with zero attached hydrogens (tertiary/aromatic N) is 3. The highest BCUT2D eigenvalue weighted by Gasteiger charge is 2.35. The highest BCUT2D eigenvalue weighted by molar-refractivity contribution is 14.1. The average molecular weight is 683 g/mol. The number of nitrogens with one attached hydrogen (secondary N) is 1. The molecule has 3 aromatic carbocycles. The lowest BCUT2D eigenvalue weighted by Crippen LogP contribution is -2.35. The monoisotopic (exact) mass is 682 g/mol. The number of para-hydroxylation sites is 1. The number of thioether (sulfide) groups is 1. The molecule has 0 saturated heterocycles. The molecule has 2 aliphatic rings. The summed E-state index contributed by atoms with van der Waals surface area (Å²) in [6.45, 7) is 4.96. The van der Waals surface area contributed by atoms with Gasteiger partial charge in [0.2, 0.25) is 5.17 Å². The lowest BCUT2D eigenvalue weighted by molar-refractivity contribution is -0.114. The van der Waals surface area contributed by atoms with Gasteiger partial charge in [0.25, 0.3) is 5.91 Å². The van der Waals surface area contributed by atoms with Gasteiger partial charge in [0.05, 0.1) is 16.3 Å². The SMILES string of the molecule is COc1cc(/C=C2/C(=N)N3N=C(COc4ccccc4)SC3=NC2=O)cc(I)c1OCCOc1cc(C)cc(C)c1. The summed E-state index contributed by atoms with van der Waals surface area (Å²) in [5.74, 6) is 2.03. The van der Waals surface area contributed by atoms with E-state index in [2.05, 4.69) is 38.8 Å². The first-order chi connectivity index (χ1) is 19.8. The summed E-state index contributed by atoms with van der Waals surface area (Å²) >= 11 is 3.38. The van der Waals surface area contributed by atoms with Crippen LogP contribution in [0.2, 0.25) is 0 Å². The number of benzene rings is 3. The summed E-state index contributed by atoms with van der Waals surface area (Å²) in [7, 11) is 1.56. The van der Waals surface area contributed by atoms with E-state index in [4.69, 9.17) is 24.4 Å². The summed E-state index contributed by atoms with van der Waals surface area (Å²) in [4.78, 5) is 17.0. The van der Waals surface area contributed by atoms with Crippen molar-refractivity contribution in [1.82, 2.24) is 5.01 Å². The van der Waals surface area contributed by atoms with E-state index in [-0.39, 0.29) is 18.0 Å². The first-order valence-electron chi connectivity index (χ1n) is 12.7. The van der Waals surface area contributed by atoms with Crippen molar-refractivity contribution >= 4 is 62.4 Å². The van der Waals surface area contributed by atoms with Crippen molar-refractivity contribution in [2.45, 2.75) is 13.8 Å². The van der Waals surface area contributed by atoms with Crippen LogP contribution in [0.5, 0.6) is 23.0 Å². The Kier molecular flexibility index (Phi) is 8.93. The van der Waals surface area contributed by atoms with Crippen molar-refractivity contribution in [1.29, 1.82) is 5.41 Å². The Morgan fingerprint density at radius 3 is 2.44 bits per heavy atom. The third kappa shape index (κ3) is 6.91. The molecule has 210 valence electrons. The number of fused-ring (bicyclic) bond motifs is 1. The Labute approximate surface area is 255 Å². The van der Waals surface area contributed by atoms with E-state index < -0.39 is 5.91 Å². The first kappa shape index (κ1) is 28.7. The molecule has 41 heavy (non-hydrogen) atoms. The Morgan fingerprint density at radius 1 is 0.976 bits per heavy atom. The van der Waals surface area contributed by atoms with Crippen LogP contribution in [-0.2, 0) is 4.79 Å². The molecule has 0 fully saturated rings. The van der Waals surface area contributed by atoms with Crippen molar-refractivity contribution in [3.8, 4) is 23.0 Å². The molecule has 3 aromatic rings. The van der Waals surface area contributed by atoms with Crippen LogP contribution >= 0.6 is 34.4 Å². The van der Waals surface area contributed by atoms with Crippen LogP contribution in [-0.4, -0.2) is 53.9 Å². The normalized spacial score (nSPS) is 15.4. The van der Waals surface area contributed by atoms with Gasteiger partial charge in [-0.05, 0) is 107 Å². The van der Waals surface area contributed by atoms with Crippen molar-refractivity contribution in [2.24, 2.45) is 10.1 Å². The van der Waals surface area contributed by atoms with E-state index >= 15 is 0 Å². The molecule has 5 rings (SSSR count). The summed E-state index contributed by atoms with van der Waals surface area (Å²) < 4.78 is 24.0. The second-order valence-corrected chi connectivity index (χ2v) is 11.4. The van der Waals surface area contributed by atoms with Crippen molar-refractivity contribution in [3.63, 3.8) is 0 Å². The number of methoxy groups -OCH3 is 1. The zero-order chi connectivity index (χ0) is 28.9. The van der Waals surface area contributed by atoms with Crippen molar-refractivity contribution in [3.05, 3.63) is 86.5 Å². The molecule has 1 amide bonds. The Bertz CT molecular complexity index is 1570. The van der Waals surface area contributed by atoms with E-state index in [1.807, 2.05) is 62.4 Å². The van der Waals surface area contributed by atoms with Gasteiger partial charge in [-0.15, -0.1) is 0 Å². The van der Waals surface area contributed by atoms with E-state index in [0.717, 1.165) is 20.4 Å². The Balaban J connectivity index is 1.26. The number of hydrogen-bond acceptors (Lipinski definition) is 8. The predicted molar refractivity (Wildman–Crippen MR) is 170 cm³/mol. The molecule has 0 saturated carbocycles. The molecule has 0 aliphatic carbocycles. The molecule has 9 nitrogen and oxygen atoms in total. The number of carbonyl (C=O) groups is 1. The van der Waals surface area contributed by atoms with Gasteiger partial charge in [-0.1, -0.05) is 24.3 Å². The third-order valence-electron chi connectivity index (χ3n) is 5.96. The first-order valence-corrected chi connectivity index (χ1v) is 14.6. The quantitative estimate of drug-likeness (QED) is 0.157. The van der Waals surface area contributed by atoms with Gasteiger partial charge in [0.1, 0.15) is 36.4 Å². The molecule has 0 bridgehead atoms. The third-order valence-corrected chi connectivity index (χ3v) is 7.64. The number of halogens is 1. The number of aliphatic imine (C=N–C) groups is 1. The second kappa shape index (κ2) is 12.8. The van der Waals surface area contributed by atoms with Crippen molar-refractivity contribution in [2.75, 3.05) is 26.9 Å². The van der Waals surface area contributed by atoms with E-state index in [9.17, 15) is 4.79 Å². The molecular weight excluding hydrogens is 655 g/mol. The molecule has 0 atom stereocenters. The van der Waals surface area contributed by atoms with Crippen LogP contribution in [0.3, 0.4) is 0 Å². The Morgan fingerprint density at radius 2 is 1.71 bits per heavy atom. The van der Waals surface area contributed by atoms with Crippen molar-refractivity contribution < 1.29 is 23.7 Å². The fraction of sp³-hybridized carbons (Fsp3) is 0.200. The lowest BCUT2D eigenvalue weighted by atomic mass is 10.1. The molecule has 0 spiro atoms. The number of rotatable bonds is 10. The number of hydrazone groups is 1. The zero-order valence-electron chi connectivity index (χ0n) is 22.6. The van der Waals surface area contributed by atoms with Crippen LogP contribution in [0.4, 0.5) is 0 Å². The molecule has 2 heterocycles. The van der Waals surface area contributed by atoms with E-state index in [1.54, 1.807) is 19.3 Å². The van der Waals surface area contributed by atoms with Crippen LogP contribution in [0.15, 0.2) is 76.3 Å². The number of hydrogen-bond donors (Lipinski definition) is 1. The summed E-state index contributed by atoms with van der Waals surface area (Å²) in [5, 5.41) is 15.4. The predicted octanol–water partition coefficient (Wildman–Crippen LogP) is 6.07. The lowest BCUT2D eigenvalue weighted by Gasteiger charge is -2.20. The standard InChI is InChI=1S/C30H27IN4O5S/c1-18-11-19(2)13-22(12-18)38-9-10-39-27-24(31)15-20(16-25(27)37-3)14-23-28(32)35-30(33-29(23)36)41-26(34-35)17-40-21-7-5-4-6-8-21/h4-8,11-16,32H,9-10,17H2,1-3H3/b23-14-,32-28?. The van der Waals surface area contributed by atoms with Gasteiger partial charge >= 0.3 is 0 Å². The molecule has 0 radical (unpaired) electrons. The summed E-state index contributed by atoms with van der Waals surface area (Å²) in [6.07, 6.45) is 1.61. The van der Waals surface area contributed by atoms with Gasteiger partial charge in [-0.2, -0.15) is 15.1 Å². The molecular formula is C30H27IN4O5S. The van der Waals surface area contributed by atoms with Gasteiger partial charge in [-0.3, -0.25) is 10.2 Å².